The fourth-order valence-corrected chi connectivity index (χ4v) is 4.80. The Morgan fingerprint density at radius 3 is 2.77 bits per heavy atom. The summed E-state index contributed by atoms with van der Waals surface area (Å²) in [6, 6.07) is 11.3. The van der Waals surface area contributed by atoms with Crippen molar-refractivity contribution < 1.29 is 9.59 Å². The number of anilines is 1. The Hall–Kier alpha value is -3.48. The van der Waals surface area contributed by atoms with Crippen LogP contribution in [-0.2, 0) is 10.2 Å². The van der Waals surface area contributed by atoms with Crippen LogP contribution in [0.2, 0.25) is 0 Å². The molecule has 5 rings (SSSR count). The number of fused-ring (bicyclic) bond motifs is 2. The van der Waals surface area contributed by atoms with Crippen molar-refractivity contribution in [2.24, 2.45) is 0 Å². The number of pyridine rings is 1. The van der Waals surface area contributed by atoms with Crippen LogP contribution in [0.25, 0.3) is 0 Å². The Morgan fingerprint density at radius 1 is 1.20 bits per heavy atom. The van der Waals surface area contributed by atoms with Crippen LogP contribution in [0, 0.1) is 0 Å². The third-order valence-corrected chi connectivity index (χ3v) is 6.23. The normalized spacial score (nSPS) is 22.6. The predicted octanol–water partition coefficient (Wildman–Crippen LogP) is 3.34. The van der Waals surface area contributed by atoms with Gasteiger partial charge < -0.3 is 10.2 Å². The maximum absolute atomic E-state index is 13.5. The number of nitrogens with zero attached hydrogens (tertiary/aromatic N) is 4. The summed E-state index contributed by atoms with van der Waals surface area (Å²) in [4.78, 5) is 33.0. The highest BCUT2D eigenvalue weighted by Gasteiger charge is 2.59. The van der Waals surface area contributed by atoms with Crippen LogP contribution in [0.15, 0.2) is 61.2 Å². The Kier molecular flexibility index (Phi) is 4.20. The molecule has 2 aromatic heterocycles. The van der Waals surface area contributed by atoms with Gasteiger partial charge in [0.05, 0.1) is 17.8 Å². The van der Waals surface area contributed by atoms with Crippen LogP contribution in [0.1, 0.15) is 53.8 Å². The standard InChI is InChI=1S/C23H23N5O2/c1-15(2)28-14-17(13-25-28)21(29)27-11-9-23(20(27)16-6-5-10-24-12-16)18-7-3-4-8-19(18)26-22(23)30/h3-8,10,12-15,20H,9,11H2,1-2H3,(H,26,30). The zero-order chi connectivity index (χ0) is 20.9. The number of likely N-dealkylation sites (tertiary alicyclic amines) is 1. The van der Waals surface area contributed by atoms with E-state index < -0.39 is 11.5 Å². The molecule has 1 spiro atoms. The van der Waals surface area contributed by atoms with Crippen molar-refractivity contribution in [1.29, 1.82) is 0 Å². The van der Waals surface area contributed by atoms with Crippen LogP contribution in [0.4, 0.5) is 5.69 Å². The van der Waals surface area contributed by atoms with Gasteiger partial charge in [-0.1, -0.05) is 24.3 Å². The van der Waals surface area contributed by atoms with Crippen molar-refractivity contribution in [3.05, 3.63) is 77.9 Å². The highest BCUT2D eigenvalue weighted by molar-refractivity contribution is 6.08. The third kappa shape index (κ3) is 2.58. The highest BCUT2D eigenvalue weighted by Crippen LogP contribution is 2.54. The maximum atomic E-state index is 13.5. The number of hydrogen-bond donors (Lipinski definition) is 1. The largest absolute Gasteiger partial charge is 0.330 e. The number of hydrogen-bond acceptors (Lipinski definition) is 4. The van der Waals surface area contributed by atoms with E-state index in [4.69, 9.17) is 0 Å². The molecule has 2 atom stereocenters. The number of rotatable bonds is 3. The van der Waals surface area contributed by atoms with E-state index in [1.54, 1.807) is 34.4 Å². The molecule has 30 heavy (non-hydrogen) atoms. The minimum atomic E-state index is -0.830. The minimum absolute atomic E-state index is 0.0641. The number of aromatic nitrogens is 3. The Balaban J connectivity index is 1.63. The summed E-state index contributed by atoms with van der Waals surface area (Å²) in [6.45, 7) is 4.52. The molecule has 2 aliphatic rings. The van der Waals surface area contributed by atoms with Crippen molar-refractivity contribution in [3.8, 4) is 0 Å². The highest BCUT2D eigenvalue weighted by atomic mass is 16.2. The second kappa shape index (κ2) is 6.79. The van der Waals surface area contributed by atoms with E-state index in [1.165, 1.54) is 0 Å². The zero-order valence-electron chi connectivity index (χ0n) is 16.9. The SMILES string of the molecule is CC(C)n1cc(C(=O)N2CCC3(C(=O)Nc4ccccc43)C2c2cccnc2)cn1. The number of amides is 2. The van der Waals surface area contributed by atoms with Gasteiger partial charge in [0.1, 0.15) is 5.41 Å². The molecule has 4 heterocycles. The average Bonchev–Trinajstić information content (AvgIpc) is 3.46. The van der Waals surface area contributed by atoms with Crippen molar-refractivity contribution >= 4 is 17.5 Å². The van der Waals surface area contributed by atoms with Gasteiger partial charge in [-0.2, -0.15) is 5.10 Å². The number of nitrogens with one attached hydrogen (secondary N) is 1. The number of benzene rings is 1. The zero-order valence-corrected chi connectivity index (χ0v) is 16.9. The second-order valence-corrected chi connectivity index (χ2v) is 8.21. The summed E-state index contributed by atoms with van der Waals surface area (Å²) >= 11 is 0. The van der Waals surface area contributed by atoms with E-state index in [-0.39, 0.29) is 17.9 Å². The van der Waals surface area contributed by atoms with Gasteiger partial charge in [-0.05, 0) is 43.5 Å². The van der Waals surface area contributed by atoms with E-state index >= 15 is 0 Å². The molecule has 0 saturated carbocycles. The first kappa shape index (κ1) is 18.5. The van der Waals surface area contributed by atoms with Gasteiger partial charge in [-0.3, -0.25) is 19.3 Å². The Labute approximate surface area is 174 Å². The molecule has 2 unspecified atom stereocenters. The fourth-order valence-electron chi connectivity index (χ4n) is 4.80. The summed E-state index contributed by atoms with van der Waals surface area (Å²) in [5, 5.41) is 7.36. The van der Waals surface area contributed by atoms with Crippen molar-refractivity contribution in [2.45, 2.75) is 37.8 Å². The maximum Gasteiger partial charge on any atom is 0.257 e. The lowest BCUT2D eigenvalue weighted by molar-refractivity contribution is -0.121. The molecule has 2 aliphatic heterocycles. The predicted molar refractivity (Wildman–Crippen MR) is 112 cm³/mol. The van der Waals surface area contributed by atoms with E-state index in [2.05, 4.69) is 15.4 Å². The molecule has 0 aliphatic carbocycles. The van der Waals surface area contributed by atoms with Crippen molar-refractivity contribution in [2.75, 3.05) is 11.9 Å². The molecule has 0 radical (unpaired) electrons. The second-order valence-electron chi connectivity index (χ2n) is 8.21. The van der Waals surface area contributed by atoms with Gasteiger partial charge in [0.25, 0.3) is 5.91 Å². The molecule has 1 fully saturated rings. The molecule has 1 saturated heterocycles. The van der Waals surface area contributed by atoms with Crippen LogP contribution in [0.5, 0.6) is 0 Å². The Bertz CT molecular complexity index is 1120. The van der Waals surface area contributed by atoms with Gasteiger partial charge in [0.15, 0.2) is 0 Å². The molecule has 7 nitrogen and oxygen atoms in total. The van der Waals surface area contributed by atoms with E-state index in [9.17, 15) is 9.59 Å². The summed E-state index contributed by atoms with van der Waals surface area (Å²) in [6.07, 6.45) is 7.40. The lowest BCUT2D eigenvalue weighted by Gasteiger charge is -2.34. The summed E-state index contributed by atoms with van der Waals surface area (Å²) < 4.78 is 1.77. The molecule has 2 amide bonds. The van der Waals surface area contributed by atoms with E-state index in [0.717, 1.165) is 16.8 Å². The van der Waals surface area contributed by atoms with Crippen LogP contribution < -0.4 is 5.32 Å². The monoisotopic (exact) mass is 401 g/mol. The first-order valence-corrected chi connectivity index (χ1v) is 10.2. The molecular formula is C23H23N5O2. The number of para-hydroxylation sites is 1. The molecule has 1 N–H and O–H groups in total. The number of carbonyl (C=O) groups is 2. The first-order chi connectivity index (χ1) is 14.5. The fraction of sp³-hybridized carbons (Fsp3) is 0.304. The molecule has 152 valence electrons. The first-order valence-electron chi connectivity index (χ1n) is 10.2. The van der Waals surface area contributed by atoms with Crippen molar-refractivity contribution in [1.82, 2.24) is 19.7 Å². The molecule has 0 bridgehead atoms. The van der Waals surface area contributed by atoms with E-state index in [1.807, 2.05) is 50.2 Å². The molecular weight excluding hydrogens is 378 g/mol. The lowest BCUT2D eigenvalue weighted by atomic mass is 9.73. The summed E-state index contributed by atoms with van der Waals surface area (Å²) in [5.74, 6) is -0.185. The molecule has 3 aromatic rings. The van der Waals surface area contributed by atoms with E-state index in [0.29, 0.717) is 18.5 Å². The van der Waals surface area contributed by atoms with Crippen molar-refractivity contribution in [3.63, 3.8) is 0 Å². The molecule has 1 aromatic carbocycles. The summed E-state index contributed by atoms with van der Waals surface area (Å²) in [5.41, 5.74) is 2.31. The smallest absolute Gasteiger partial charge is 0.257 e. The van der Waals surface area contributed by atoms with Crippen LogP contribution in [-0.4, -0.2) is 38.0 Å². The van der Waals surface area contributed by atoms with Crippen LogP contribution in [0.3, 0.4) is 0 Å². The van der Waals surface area contributed by atoms with Gasteiger partial charge in [0.2, 0.25) is 5.91 Å². The lowest BCUT2D eigenvalue weighted by Crippen LogP contribution is -2.42. The topological polar surface area (TPSA) is 80.1 Å². The average molecular weight is 401 g/mol. The van der Waals surface area contributed by atoms with Gasteiger partial charge >= 0.3 is 0 Å². The quantitative estimate of drug-likeness (QED) is 0.730. The van der Waals surface area contributed by atoms with Gasteiger partial charge in [-0.15, -0.1) is 0 Å². The van der Waals surface area contributed by atoms with Gasteiger partial charge in [0, 0.05) is 36.9 Å². The summed E-state index contributed by atoms with van der Waals surface area (Å²) in [7, 11) is 0. The Morgan fingerprint density at radius 2 is 2.03 bits per heavy atom. The van der Waals surface area contributed by atoms with Gasteiger partial charge in [-0.25, -0.2) is 0 Å². The molecule has 7 heteroatoms. The number of carbonyl (C=O) groups excluding carboxylic acids is 2. The third-order valence-electron chi connectivity index (χ3n) is 6.23. The van der Waals surface area contributed by atoms with Crippen LogP contribution >= 0.6 is 0 Å². The minimum Gasteiger partial charge on any atom is -0.330 e.